The molecular weight excluding hydrogens is 344 g/mol. The van der Waals surface area contributed by atoms with Crippen LogP contribution in [0.4, 0.5) is 0 Å². The first-order valence-corrected chi connectivity index (χ1v) is 9.47. The van der Waals surface area contributed by atoms with Crippen molar-refractivity contribution in [2.45, 2.75) is 33.2 Å². The number of likely N-dealkylation sites (N-methyl/N-ethyl adjacent to an activating group) is 1. The minimum atomic E-state index is 0.0930. The number of carbonyl (C=O) groups is 1. The van der Waals surface area contributed by atoms with E-state index in [1.165, 1.54) is 5.56 Å². The summed E-state index contributed by atoms with van der Waals surface area (Å²) in [5.41, 5.74) is 3.06. The van der Waals surface area contributed by atoms with Crippen LogP contribution in [0.15, 0.2) is 22.6 Å². The number of aryl methyl sites for hydroxylation is 2. The zero-order valence-corrected chi connectivity index (χ0v) is 16.2. The van der Waals surface area contributed by atoms with E-state index in [2.05, 4.69) is 18.0 Å². The fraction of sp³-hybridized carbons (Fsp3) is 0.476. The molecule has 4 rings (SSSR count). The van der Waals surface area contributed by atoms with Crippen molar-refractivity contribution in [3.63, 3.8) is 0 Å². The second kappa shape index (κ2) is 7.27. The maximum Gasteiger partial charge on any atom is 0.254 e. The van der Waals surface area contributed by atoms with Gasteiger partial charge in [0.2, 0.25) is 6.79 Å². The number of amides is 1. The van der Waals surface area contributed by atoms with E-state index in [0.29, 0.717) is 12.3 Å². The number of ether oxygens (including phenoxy) is 2. The summed E-state index contributed by atoms with van der Waals surface area (Å²) >= 11 is 0. The van der Waals surface area contributed by atoms with Crippen LogP contribution in [0.1, 0.15) is 39.4 Å². The average molecular weight is 370 g/mol. The second-order valence-electron chi connectivity index (χ2n) is 7.43. The van der Waals surface area contributed by atoms with Gasteiger partial charge in [-0.25, -0.2) is 0 Å². The van der Waals surface area contributed by atoms with Crippen molar-refractivity contribution in [2.24, 2.45) is 0 Å². The molecule has 0 bridgehead atoms. The number of furan rings is 1. The van der Waals surface area contributed by atoms with Crippen LogP contribution in [-0.4, -0.2) is 49.2 Å². The summed E-state index contributed by atoms with van der Waals surface area (Å²) in [6, 6.07) is 5.88. The van der Waals surface area contributed by atoms with Crippen molar-refractivity contribution < 1.29 is 18.7 Å². The van der Waals surface area contributed by atoms with Crippen LogP contribution in [-0.2, 0) is 13.0 Å². The highest BCUT2D eigenvalue weighted by Crippen LogP contribution is 2.38. The Morgan fingerprint density at radius 2 is 1.89 bits per heavy atom. The summed E-state index contributed by atoms with van der Waals surface area (Å²) in [4.78, 5) is 16.9. The Bertz CT molecular complexity index is 858. The largest absolute Gasteiger partial charge is 0.466 e. The van der Waals surface area contributed by atoms with Crippen molar-refractivity contribution in [1.82, 2.24) is 9.80 Å². The predicted octanol–water partition coefficient (Wildman–Crippen LogP) is 3.15. The third-order valence-corrected chi connectivity index (χ3v) is 5.35. The third kappa shape index (κ3) is 3.67. The molecule has 1 amide bonds. The van der Waals surface area contributed by atoms with E-state index in [0.717, 1.165) is 60.9 Å². The van der Waals surface area contributed by atoms with Gasteiger partial charge in [-0.15, -0.1) is 0 Å². The monoisotopic (exact) mass is 370 g/mol. The summed E-state index contributed by atoms with van der Waals surface area (Å²) in [6.45, 7) is 7.59. The summed E-state index contributed by atoms with van der Waals surface area (Å²) in [6.07, 6.45) is 1.94. The first-order chi connectivity index (χ1) is 13.0. The Labute approximate surface area is 159 Å². The zero-order valence-electron chi connectivity index (χ0n) is 16.2. The SMILES string of the molecule is Cc1cc(CCN(C)CCCN2Cc3cc4c(cc3C2=O)OCO4)c(C)o1. The third-order valence-electron chi connectivity index (χ3n) is 5.35. The fourth-order valence-electron chi connectivity index (χ4n) is 3.83. The first-order valence-electron chi connectivity index (χ1n) is 9.47. The molecule has 6 nitrogen and oxygen atoms in total. The molecule has 0 aliphatic carbocycles. The van der Waals surface area contributed by atoms with Crippen molar-refractivity contribution in [3.8, 4) is 11.5 Å². The molecule has 0 fully saturated rings. The van der Waals surface area contributed by atoms with Gasteiger partial charge in [-0.3, -0.25) is 4.79 Å². The lowest BCUT2D eigenvalue weighted by molar-refractivity contribution is 0.0771. The molecular formula is C21H26N2O4. The molecule has 0 spiro atoms. The van der Waals surface area contributed by atoms with E-state index >= 15 is 0 Å². The second-order valence-corrected chi connectivity index (χ2v) is 7.43. The molecule has 0 atom stereocenters. The van der Waals surface area contributed by atoms with Crippen LogP contribution in [0.5, 0.6) is 11.5 Å². The van der Waals surface area contributed by atoms with Crippen molar-refractivity contribution in [1.29, 1.82) is 0 Å². The molecule has 2 aliphatic rings. The highest BCUT2D eigenvalue weighted by Gasteiger charge is 2.30. The maximum atomic E-state index is 12.6. The summed E-state index contributed by atoms with van der Waals surface area (Å²) in [7, 11) is 2.13. The minimum Gasteiger partial charge on any atom is -0.466 e. The Kier molecular flexibility index (Phi) is 4.83. The van der Waals surface area contributed by atoms with Crippen molar-refractivity contribution in [2.75, 3.05) is 33.5 Å². The van der Waals surface area contributed by atoms with E-state index in [-0.39, 0.29) is 12.7 Å². The van der Waals surface area contributed by atoms with Crippen LogP contribution >= 0.6 is 0 Å². The Morgan fingerprint density at radius 3 is 2.63 bits per heavy atom. The fourth-order valence-corrected chi connectivity index (χ4v) is 3.83. The Hall–Kier alpha value is -2.47. The molecule has 1 aromatic heterocycles. The van der Waals surface area contributed by atoms with E-state index < -0.39 is 0 Å². The van der Waals surface area contributed by atoms with Gasteiger partial charge in [0.25, 0.3) is 5.91 Å². The predicted molar refractivity (Wildman–Crippen MR) is 101 cm³/mol. The molecule has 1 aromatic carbocycles. The standard InChI is InChI=1S/C21H26N2O4/c1-14-9-16(15(2)27-14)5-8-22(3)6-4-7-23-12-17-10-19-20(26-13-25-19)11-18(17)21(23)24/h9-11H,4-8,12-13H2,1-3H3. The van der Waals surface area contributed by atoms with Gasteiger partial charge in [0.15, 0.2) is 11.5 Å². The molecule has 3 heterocycles. The molecule has 2 aromatic rings. The Morgan fingerprint density at radius 1 is 1.11 bits per heavy atom. The van der Waals surface area contributed by atoms with Crippen LogP contribution in [0, 0.1) is 13.8 Å². The first kappa shape index (κ1) is 17.9. The molecule has 6 heteroatoms. The lowest BCUT2D eigenvalue weighted by Gasteiger charge is -2.20. The van der Waals surface area contributed by atoms with E-state index in [1.54, 1.807) is 0 Å². The lowest BCUT2D eigenvalue weighted by atomic mass is 10.1. The van der Waals surface area contributed by atoms with Crippen molar-refractivity contribution >= 4 is 5.91 Å². The molecule has 144 valence electrons. The van der Waals surface area contributed by atoms with Gasteiger partial charge in [0, 0.05) is 25.2 Å². The number of benzene rings is 1. The Balaban J connectivity index is 1.25. The molecule has 0 radical (unpaired) electrons. The maximum absolute atomic E-state index is 12.6. The van der Waals surface area contributed by atoms with E-state index in [1.807, 2.05) is 30.9 Å². The highest BCUT2D eigenvalue weighted by molar-refractivity contribution is 5.99. The van der Waals surface area contributed by atoms with Crippen LogP contribution in [0.2, 0.25) is 0 Å². The van der Waals surface area contributed by atoms with Crippen LogP contribution < -0.4 is 9.47 Å². The van der Waals surface area contributed by atoms with Gasteiger partial charge in [0.1, 0.15) is 11.5 Å². The summed E-state index contributed by atoms with van der Waals surface area (Å²) in [5.74, 6) is 3.50. The smallest absolute Gasteiger partial charge is 0.254 e. The van der Waals surface area contributed by atoms with Gasteiger partial charge >= 0.3 is 0 Å². The molecule has 27 heavy (non-hydrogen) atoms. The van der Waals surface area contributed by atoms with E-state index in [9.17, 15) is 4.79 Å². The lowest BCUT2D eigenvalue weighted by Crippen LogP contribution is -2.29. The number of hydrogen-bond donors (Lipinski definition) is 0. The molecule has 0 saturated carbocycles. The van der Waals surface area contributed by atoms with Gasteiger partial charge < -0.3 is 23.7 Å². The van der Waals surface area contributed by atoms with Crippen LogP contribution in [0.3, 0.4) is 0 Å². The number of rotatable bonds is 7. The molecule has 0 saturated heterocycles. The quantitative estimate of drug-likeness (QED) is 0.749. The van der Waals surface area contributed by atoms with Crippen LogP contribution in [0.25, 0.3) is 0 Å². The van der Waals surface area contributed by atoms with Gasteiger partial charge in [-0.05, 0) is 69.6 Å². The van der Waals surface area contributed by atoms with Gasteiger partial charge in [0.05, 0.1) is 0 Å². The number of fused-ring (bicyclic) bond motifs is 2. The van der Waals surface area contributed by atoms with Crippen molar-refractivity contribution in [3.05, 3.63) is 46.4 Å². The summed E-state index contributed by atoms with van der Waals surface area (Å²) in [5, 5.41) is 0. The average Bonchev–Trinajstić information content (AvgIpc) is 3.30. The van der Waals surface area contributed by atoms with E-state index in [4.69, 9.17) is 13.9 Å². The highest BCUT2D eigenvalue weighted by atomic mass is 16.7. The molecule has 0 unspecified atom stereocenters. The number of hydrogen-bond acceptors (Lipinski definition) is 5. The van der Waals surface area contributed by atoms with Gasteiger partial charge in [-0.2, -0.15) is 0 Å². The minimum absolute atomic E-state index is 0.0930. The zero-order chi connectivity index (χ0) is 19.0. The molecule has 0 N–H and O–H groups in total. The number of carbonyl (C=O) groups excluding carboxylic acids is 1. The normalized spacial score (nSPS) is 15.1. The number of nitrogens with zero attached hydrogens (tertiary/aromatic N) is 2. The van der Waals surface area contributed by atoms with Gasteiger partial charge in [-0.1, -0.05) is 0 Å². The topological polar surface area (TPSA) is 55.2 Å². The summed E-state index contributed by atoms with van der Waals surface area (Å²) < 4.78 is 16.4. The molecule has 2 aliphatic heterocycles.